The van der Waals surface area contributed by atoms with Gasteiger partial charge in [0.2, 0.25) is 18.6 Å². The predicted octanol–water partition coefficient (Wildman–Crippen LogP) is 3.32. The average molecular weight is 583 g/mol. The molecule has 0 radical (unpaired) electrons. The van der Waals surface area contributed by atoms with E-state index in [-0.39, 0.29) is 36.0 Å². The Balaban J connectivity index is 1.13. The number of imidazole rings is 1. The summed E-state index contributed by atoms with van der Waals surface area (Å²) in [7, 11) is 0. The molecule has 2 aromatic carbocycles. The highest BCUT2D eigenvalue weighted by atomic mass is 16.7. The second-order valence-electron chi connectivity index (χ2n) is 10.0. The maximum absolute atomic E-state index is 12.8. The standard InChI is InChI=1S/C29H26N8O6/c30-27-26(34-43-35-27)28-33-20-15-32-24(14-21(20)37(28)18-7-8-22-23(13-18)41-16-40-22)42-19-5-1-4-17(12-19)29(39)31-9-3-11-36-10-2-6-25(36)38/h1,4-5,7-8,12-15H,2-3,6,9-11,16H2,(H2,30,35)(H,31,39). The van der Waals surface area contributed by atoms with Crippen molar-refractivity contribution in [1.82, 2.24) is 35.1 Å². The average Bonchev–Trinajstić information content (AvgIpc) is 3.81. The Hall–Kier alpha value is -5.66. The van der Waals surface area contributed by atoms with Gasteiger partial charge >= 0.3 is 0 Å². The molecule has 14 heteroatoms. The van der Waals surface area contributed by atoms with Gasteiger partial charge in [-0.1, -0.05) is 6.07 Å². The highest BCUT2D eigenvalue weighted by molar-refractivity contribution is 5.94. The molecule has 2 aliphatic heterocycles. The molecular formula is C29H26N8O6. The first-order chi connectivity index (χ1) is 21.0. The largest absolute Gasteiger partial charge is 0.454 e. The van der Waals surface area contributed by atoms with Gasteiger partial charge in [-0.2, -0.15) is 0 Å². The molecule has 218 valence electrons. The van der Waals surface area contributed by atoms with E-state index in [0.29, 0.717) is 71.3 Å². The van der Waals surface area contributed by atoms with Gasteiger partial charge in [0.1, 0.15) is 11.3 Å². The van der Waals surface area contributed by atoms with Crippen LogP contribution in [0, 0.1) is 0 Å². The second-order valence-corrected chi connectivity index (χ2v) is 10.0. The molecule has 0 bridgehead atoms. The Morgan fingerprint density at radius 1 is 1.09 bits per heavy atom. The van der Waals surface area contributed by atoms with Crippen molar-refractivity contribution >= 4 is 28.7 Å². The summed E-state index contributed by atoms with van der Waals surface area (Å²) in [6.45, 7) is 2.02. The highest BCUT2D eigenvalue weighted by Gasteiger charge is 2.23. The summed E-state index contributed by atoms with van der Waals surface area (Å²) >= 11 is 0. The fourth-order valence-corrected chi connectivity index (χ4v) is 5.15. The first kappa shape index (κ1) is 26.3. The summed E-state index contributed by atoms with van der Waals surface area (Å²) in [4.78, 5) is 35.5. The number of hydrogen-bond donors (Lipinski definition) is 2. The van der Waals surface area contributed by atoms with Gasteiger partial charge in [0.15, 0.2) is 28.8 Å². The molecule has 0 spiro atoms. The van der Waals surface area contributed by atoms with Crippen molar-refractivity contribution in [3.8, 4) is 40.3 Å². The van der Waals surface area contributed by atoms with E-state index < -0.39 is 0 Å². The first-order valence-corrected chi connectivity index (χ1v) is 13.7. The third-order valence-corrected chi connectivity index (χ3v) is 7.24. The lowest BCUT2D eigenvalue weighted by atomic mass is 10.2. The number of aromatic nitrogens is 5. The Kier molecular flexibility index (Phi) is 6.69. The SMILES string of the molecule is Nc1nonc1-c1nc2cnc(Oc3cccc(C(=O)NCCCN4CCCC4=O)c3)cc2n1-c1ccc2c(c1)OCO2. The number of nitrogens with two attached hydrogens (primary N) is 1. The van der Waals surface area contributed by atoms with E-state index in [1.54, 1.807) is 42.6 Å². The van der Waals surface area contributed by atoms with Crippen molar-refractivity contribution in [3.63, 3.8) is 0 Å². The molecule has 5 aromatic rings. The Morgan fingerprint density at radius 2 is 2.00 bits per heavy atom. The molecule has 3 N–H and O–H groups in total. The zero-order valence-electron chi connectivity index (χ0n) is 22.9. The van der Waals surface area contributed by atoms with Crippen LogP contribution < -0.4 is 25.3 Å². The van der Waals surface area contributed by atoms with Crippen molar-refractivity contribution in [1.29, 1.82) is 0 Å². The van der Waals surface area contributed by atoms with E-state index in [0.717, 1.165) is 13.0 Å². The summed E-state index contributed by atoms with van der Waals surface area (Å²) in [5.41, 5.74) is 8.62. The van der Waals surface area contributed by atoms with Crippen molar-refractivity contribution in [2.45, 2.75) is 19.3 Å². The van der Waals surface area contributed by atoms with Crippen LogP contribution in [-0.4, -0.2) is 68.0 Å². The van der Waals surface area contributed by atoms with Gasteiger partial charge in [0, 0.05) is 43.8 Å². The van der Waals surface area contributed by atoms with Crippen LogP contribution in [0.4, 0.5) is 5.82 Å². The van der Waals surface area contributed by atoms with Gasteiger partial charge in [0.05, 0.1) is 17.4 Å². The molecule has 2 aliphatic rings. The summed E-state index contributed by atoms with van der Waals surface area (Å²) in [5, 5.41) is 10.6. The number of carbonyl (C=O) groups excluding carboxylic acids is 2. The predicted molar refractivity (Wildman–Crippen MR) is 152 cm³/mol. The monoisotopic (exact) mass is 582 g/mol. The van der Waals surface area contributed by atoms with Crippen LogP contribution in [0.3, 0.4) is 0 Å². The Labute approximate surface area is 244 Å². The fraction of sp³-hybridized carbons (Fsp3) is 0.241. The van der Waals surface area contributed by atoms with Crippen LogP contribution in [0.1, 0.15) is 29.6 Å². The van der Waals surface area contributed by atoms with Crippen LogP contribution in [0.15, 0.2) is 59.4 Å². The quantitative estimate of drug-likeness (QED) is 0.244. The number of nitrogen functional groups attached to an aromatic ring is 1. The van der Waals surface area contributed by atoms with Crippen molar-refractivity contribution in [2.75, 3.05) is 32.2 Å². The molecule has 2 amide bonds. The molecule has 0 atom stereocenters. The summed E-state index contributed by atoms with van der Waals surface area (Å²) in [5.74, 6) is 2.35. The van der Waals surface area contributed by atoms with E-state index in [9.17, 15) is 9.59 Å². The lowest BCUT2D eigenvalue weighted by Crippen LogP contribution is -2.30. The summed E-state index contributed by atoms with van der Waals surface area (Å²) in [6.07, 6.45) is 3.77. The number of nitrogens with one attached hydrogen (secondary N) is 1. The minimum absolute atomic E-state index is 0.0846. The van der Waals surface area contributed by atoms with E-state index in [1.165, 1.54) is 0 Å². The van der Waals surface area contributed by atoms with Gasteiger partial charge < -0.3 is 30.2 Å². The lowest BCUT2D eigenvalue weighted by molar-refractivity contribution is -0.127. The second kappa shape index (κ2) is 11.0. The highest BCUT2D eigenvalue weighted by Crippen LogP contribution is 2.37. The molecule has 0 saturated carbocycles. The minimum atomic E-state index is -0.231. The van der Waals surface area contributed by atoms with Crippen LogP contribution in [-0.2, 0) is 4.79 Å². The van der Waals surface area contributed by atoms with Crippen molar-refractivity contribution in [3.05, 3.63) is 60.3 Å². The van der Waals surface area contributed by atoms with Crippen LogP contribution in [0.2, 0.25) is 0 Å². The fourth-order valence-electron chi connectivity index (χ4n) is 5.15. The van der Waals surface area contributed by atoms with E-state index in [4.69, 9.17) is 29.6 Å². The van der Waals surface area contributed by atoms with Gasteiger partial charge in [-0.05, 0) is 53.5 Å². The number of amides is 2. The van der Waals surface area contributed by atoms with Crippen LogP contribution in [0.25, 0.3) is 28.2 Å². The maximum atomic E-state index is 12.8. The summed E-state index contributed by atoms with van der Waals surface area (Å²) in [6, 6.07) is 14.0. The molecule has 3 aromatic heterocycles. The molecule has 0 unspecified atom stereocenters. The molecule has 43 heavy (non-hydrogen) atoms. The lowest BCUT2D eigenvalue weighted by Gasteiger charge is -2.15. The zero-order valence-corrected chi connectivity index (χ0v) is 22.9. The van der Waals surface area contributed by atoms with Crippen LogP contribution in [0.5, 0.6) is 23.1 Å². The topological polar surface area (TPSA) is 173 Å². The molecular weight excluding hydrogens is 556 g/mol. The molecule has 7 rings (SSSR count). The Bertz CT molecular complexity index is 1850. The molecule has 1 saturated heterocycles. The molecule has 0 aliphatic carbocycles. The van der Waals surface area contributed by atoms with Crippen molar-refractivity contribution in [2.24, 2.45) is 0 Å². The third-order valence-electron chi connectivity index (χ3n) is 7.24. The van der Waals surface area contributed by atoms with Gasteiger partial charge in [0.25, 0.3) is 5.91 Å². The van der Waals surface area contributed by atoms with E-state index in [1.807, 2.05) is 21.6 Å². The molecule has 1 fully saturated rings. The first-order valence-electron chi connectivity index (χ1n) is 13.7. The van der Waals surface area contributed by atoms with E-state index >= 15 is 0 Å². The number of rotatable bonds is 9. The smallest absolute Gasteiger partial charge is 0.251 e. The number of hydrogen-bond acceptors (Lipinski definition) is 11. The summed E-state index contributed by atoms with van der Waals surface area (Å²) < 4.78 is 23.8. The number of carbonyl (C=O) groups is 2. The van der Waals surface area contributed by atoms with Gasteiger partial charge in [-0.15, -0.1) is 0 Å². The number of benzene rings is 2. The van der Waals surface area contributed by atoms with Gasteiger partial charge in [-0.25, -0.2) is 14.6 Å². The third kappa shape index (κ3) is 5.14. The number of likely N-dealkylation sites (tertiary alicyclic amines) is 1. The zero-order chi connectivity index (χ0) is 29.3. The van der Waals surface area contributed by atoms with Gasteiger partial charge in [-0.3, -0.25) is 14.2 Å². The number of fused-ring (bicyclic) bond motifs is 2. The normalized spacial score (nSPS) is 14.0. The number of ether oxygens (including phenoxy) is 3. The number of pyridine rings is 1. The minimum Gasteiger partial charge on any atom is -0.454 e. The van der Waals surface area contributed by atoms with Crippen molar-refractivity contribution < 1.29 is 28.4 Å². The molecule has 5 heterocycles. The van der Waals surface area contributed by atoms with Crippen LogP contribution >= 0.6 is 0 Å². The van der Waals surface area contributed by atoms with E-state index in [2.05, 4.69) is 20.6 Å². The number of anilines is 1. The maximum Gasteiger partial charge on any atom is 0.251 e. The molecule has 14 nitrogen and oxygen atoms in total. The number of nitrogens with zero attached hydrogens (tertiary/aromatic N) is 6. The Morgan fingerprint density at radius 3 is 2.84 bits per heavy atom.